The predicted octanol–water partition coefficient (Wildman–Crippen LogP) is 3.14. The third-order valence-corrected chi connectivity index (χ3v) is 3.93. The molecule has 0 aliphatic carbocycles. The van der Waals surface area contributed by atoms with Gasteiger partial charge in [0.05, 0.1) is 7.11 Å². The van der Waals surface area contributed by atoms with Gasteiger partial charge in [-0.05, 0) is 24.3 Å². The second kappa shape index (κ2) is 8.64. The van der Waals surface area contributed by atoms with Crippen molar-refractivity contribution < 1.29 is 33.2 Å². The second-order valence-corrected chi connectivity index (χ2v) is 5.73. The second-order valence-electron chi connectivity index (χ2n) is 5.73. The number of rotatable bonds is 8. The lowest BCUT2D eigenvalue weighted by Gasteiger charge is -2.12. The topological polar surface area (TPSA) is 96.6 Å². The lowest BCUT2D eigenvalue weighted by molar-refractivity contribution is 0.0509. The van der Waals surface area contributed by atoms with Crippen LogP contribution in [0.5, 0.6) is 23.0 Å². The highest BCUT2D eigenvalue weighted by molar-refractivity contribution is 5.88. The van der Waals surface area contributed by atoms with E-state index >= 15 is 0 Å². The number of aromatic hydroxyl groups is 1. The van der Waals surface area contributed by atoms with Gasteiger partial charge >= 0.3 is 0 Å². The summed E-state index contributed by atoms with van der Waals surface area (Å²) in [5, 5.41) is 10.5. The molecular formula is C20H20O8. The molecule has 0 saturated carbocycles. The summed E-state index contributed by atoms with van der Waals surface area (Å²) in [4.78, 5) is 12.7. The van der Waals surface area contributed by atoms with Crippen LogP contribution in [0.2, 0.25) is 0 Å². The first-order valence-electron chi connectivity index (χ1n) is 8.30. The average molecular weight is 388 g/mol. The zero-order valence-electron chi connectivity index (χ0n) is 15.7. The zero-order chi connectivity index (χ0) is 20.1. The summed E-state index contributed by atoms with van der Waals surface area (Å²) < 4.78 is 31.6. The molecule has 0 amide bonds. The fourth-order valence-corrected chi connectivity index (χ4v) is 2.65. The highest BCUT2D eigenvalue weighted by Gasteiger charge is 2.19. The van der Waals surface area contributed by atoms with Crippen molar-refractivity contribution in [3.05, 3.63) is 46.6 Å². The summed E-state index contributed by atoms with van der Waals surface area (Å²) in [6.07, 6.45) is 0. The molecule has 0 radical (unpaired) electrons. The molecule has 1 heterocycles. The number of ether oxygens (including phenoxy) is 5. The van der Waals surface area contributed by atoms with Crippen LogP contribution in [-0.2, 0) is 9.47 Å². The van der Waals surface area contributed by atoms with Gasteiger partial charge < -0.3 is 33.2 Å². The molecule has 0 aliphatic rings. The van der Waals surface area contributed by atoms with Gasteiger partial charge in [-0.2, -0.15) is 0 Å². The van der Waals surface area contributed by atoms with Crippen molar-refractivity contribution in [3.8, 4) is 34.3 Å². The Bertz CT molecular complexity index is 1010. The van der Waals surface area contributed by atoms with Gasteiger partial charge in [-0.25, -0.2) is 0 Å². The minimum atomic E-state index is -0.605. The van der Waals surface area contributed by atoms with Crippen molar-refractivity contribution in [3.63, 3.8) is 0 Å². The van der Waals surface area contributed by atoms with Crippen molar-refractivity contribution >= 4 is 11.0 Å². The van der Waals surface area contributed by atoms with Crippen LogP contribution in [0.15, 0.2) is 45.6 Å². The Morgan fingerprint density at radius 1 is 0.929 bits per heavy atom. The van der Waals surface area contributed by atoms with Crippen LogP contribution in [-0.4, -0.2) is 40.0 Å². The van der Waals surface area contributed by atoms with E-state index in [1.165, 1.54) is 33.5 Å². The number of hydrogen-bond acceptors (Lipinski definition) is 8. The molecule has 0 bridgehead atoms. The molecule has 0 aliphatic heterocycles. The van der Waals surface area contributed by atoms with Gasteiger partial charge in [-0.3, -0.25) is 4.79 Å². The molecule has 0 spiro atoms. The Morgan fingerprint density at radius 2 is 1.57 bits per heavy atom. The van der Waals surface area contributed by atoms with E-state index in [0.29, 0.717) is 17.1 Å². The molecule has 148 valence electrons. The van der Waals surface area contributed by atoms with E-state index in [9.17, 15) is 9.90 Å². The molecule has 28 heavy (non-hydrogen) atoms. The molecule has 0 atom stereocenters. The van der Waals surface area contributed by atoms with E-state index in [1.807, 2.05) is 0 Å². The monoisotopic (exact) mass is 388 g/mol. The maximum atomic E-state index is 12.7. The Hall–Kier alpha value is -3.23. The molecule has 0 saturated heterocycles. The molecule has 3 rings (SSSR count). The van der Waals surface area contributed by atoms with E-state index < -0.39 is 11.2 Å². The van der Waals surface area contributed by atoms with Gasteiger partial charge in [0.15, 0.2) is 19.3 Å². The maximum absolute atomic E-state index is 12.7. The minimum absolute atomic E-state index is 0.0206. The molecule has 2 aromatic carbocycles. The van der Waals surface area contributed by atoms with Crippen LogP contribution < -0.4 is 19.6 Å². The molecular weight excluding hydrogens is 368 g/mol. The van der Waals surface area contributed by atoms with E-state index in [4.69, 9.17) is 28.1 Å². The van der Waals surface area contributed by atoms with E-state index in [-0.39, 0.29) is 36.1 Å². The minimum Gasteiger partial charge on any atom is -0.502 e. The molecule has 3 aromatic rings. The summed E-state index contributed by atoms with van der Waals surface area (Å²) in [7, 11) is 4.43. The SMILES string of the molecule is COCOc1ccc(-c2oc3cc(OCOC)cc(OC)c3c(=O)c2O)cc1. The van der Waals surface area contributed by atoms with Crippen molar-refractivity contribution in [2.75, 3.05) is 34.9 Å². The highest BCUT2D eigenvalue weighted by Crippen LogP contribution is 2.36. The summed E-state index contributed by atoms with van der Waals surface area (Å²) >= 11 is 0. The predicted molar refractivity (Wildman–Crippen MR) is 101 cm³/mol. The summed E-state index contributed by atoms with van der Waals surface area (Å²) in [5.74, 6) is 0.714. The summed E-state index contributed by atoms with van der Waals surface area (Å²) in [6.45, 7) is 0.131. The molecule has 0 unspecified atom stereocenters. The van der Waals surface area contributed by atoms with Crippen LogP contribution >= 0.6 is 0 Å². The van der Waals surface area contributed by atoms with Crippen molar-refractivity contribution in [1.29, 1.82) is 0 Å². The van der Waals surface area contributed by atoms with Gasteiger partial charge in [-0.1, -0.05) is 0 Å². The van der Waals surface area contributed by atoms with Gasteiger partial charge in [0.2, 0.25) is 11.2 Å². The van der Waals surface area contributed by atoms with Crippen molar-refractivity contribution in [2.45, 2.75) is 0 Å². The lowest BCUT2D eigenvalue weighted by atomic mass is 10.1. The van der Waals surface area contributed by atoms with E-state index in [0.717, 1.165) is 0 Å². The molecule has 1 N–H and O–H groups in total. The van der Waals surface area contributed by atoms with Gasteiger partial charge in [0.1, 0.15) is 28.2 Å². The quantitative estimate of drug-likeness (QED) is 0.588. The fourth-order valence-electron chi connectivity index (χ4n) is 2.65. The molecule has 8 heteroatoms. The third kappa shape index (κ3) is 3.88. The number of methoxy groups -OCH3 is 3. The van der Waals surface area contributed by atoms with Crippen molar-refractivity contribution in [2.24, 2.45) is 0 Å². The molecule has 1 aromatic heterocycles. The van der Waals surface area contributed by atoms with Crippen LogP contribution in [0, 0.1) is 0 Å². The normalized spacial score (nSPS) is 10.8. The van der Waals surface area contributed by atoms with Crippen LogP contribution in [0.1, 0.15) is 0 Å². The van der Waals surface area contributed by atoms with E-state index in [2.05, 4.69) is 0 Å². The Balaban J connectivity index is 2.10. The third-order valence-electron chi connectivity index (χ3n) is 3.93. The van der Waals surface area contributed by atoms with Crippen LogP contribution in [0.4, 0.5) is 0 Å². The summed E-state index contributed by atoms with van der Waals surface area (Å²) in [6, 6.07) is 9.75. The number of fused-ring (bicyclic) bond motifs is 1. The summed E-state index contributed by atoms with van der Waals surface area (Å²) in [5.41, 5.74) is 0.109. The Morgan fingerprint density at radius 3 is 2.18 bits per heavy atom. The molecule has 8 nitrogen and oxygen atoms in total. The van der Waals surface area contributed by atoms with Crippen LogP contribution in [0.25, 0.3) is 22.3 Å². The largest absolute Gasteiger partial charge is 0.502 e. The lowest BCUT2D eigenvalue weighted by Crippen LogP contribution is -2.06. The Labute approximate surface area is 160 Å². The first kappa shape index (κ1) is 19.5. The maximum Gasteiger partial charge on any atom is 0.238 e. The first-order chi connectivity index (χ1) is 13.6. The first-order valence-corrected chi connectivity index (χ1v) is 8.30. The van der Waals surface area contributed by atoms with Gasteiger partial charge in [0, 0.05) is 31.9 Å². The standard InChI is InChI=1S/C20H20O8/c1-23-10-26-13-6-4-12(5-7-13)20-19(22)18(21)17-15(25-3)8-14(27-11-24-2)9-16(17)28-20/h4-9,22H,10-11H2,1-3H3. The Kier molecular flexibility index (Phi) is 6.03. The smallest absolute Gasteiger partial charge is 0.238 e. The fraction of sp³-hybridized carbons (Fsp3) is 0.250. The molecule has 0 fully saturated rings. The van der Waals surface area contributed by atoms with E-state index in [1.54, 1.807) is 24.3 Å². The number of benzene rings is 2. The number of hydrogen-bond donors (Lipinski definition) is 1. The highest BCUT2D eigenvalue weighted by atomic mass is 16.7. The van der Waals surface area contributed by atoms with Gasteiger partial charge in [0.25, 0.3) is 0 Å². The zero-order valence-corrected chi connectivity index (χ0v) is 15.7. The van der Waals surface area contributed by atoms with Gasteiger partial charge in [-0.15, -0.1) is 0 Å². The van der Waals surface area contributed by atoms with Crippen LogP contribution in [0.3, 0.4) is 0 Å². The van der Waals surface area contributed by atoms with Crippen molar-refractivity contribution in [1.82, 2.24) is 0 Å². The average Bonchev–Trinajstić information content (AvgIpc) is 2.73.